The first-order valence-electron chi connectivity index (χ1n) is 7.93. The van der Waals surface area contributed by atoms with Crippen molar-refractivity contribution in [2.75, 3.05) is 32.7 Å². The number of nitrogens with one attached hydrogen (secondary N) is 1. The number of hydrogen-bond donors (Lipinski definition) is 2. The summed E-state index contributed by atoms with van der Waals surface area (Å²) in [7, 11) is 0. The summed E-state index contributed by atoms with van der Waals surface area (Å²) in [5.74, 6) is 0.373. The summed E-state index contributed by atoms with van der Waals surface area (Å²) >= 11 is 0. The van der Waals surface area contributed by atoms with Gasteiger partial charge in [-0.05, 0) is 50.4 Å². The quantitative estimate of drug-likeness (QED) is 0.870. The molecule has 4 aliphatic heterocycles. The molecule has 5 rings (SSSR count). The highest BCUT2D eigenvalue weighted by Gasteiger charge is 2.45. The average Bonchev–Trinajstić information content (AvgIpc) is 2.49. The van der Waals surface area contributed by atoms with Crippen LogP contribution in [0.4, 0.5) is 0 Å². The summed E-state index contributed by atoms with van der Waals surface area (Å²) < 4.78 is 0. The Morgan fingerprint density at radius 3 is 1.95 bits per heavy atom. The van der Waals surface area contributed by atoms with E-state index in [1.165, 1.54) is 38.9 Å². The van der Waals surface area contributed by atoms with E-state index in [0.717, 1.165) is 11.5 Å². The van der Waals surface area contributed by atoms with E-state index in [2.05, 4.69) is 10.2 Å². The molecule has 0 aliphatic carbocycles. The molecule has 2 N–H and O–H groups in total. The zero-order valence-electron chi connectivity index (χ0n) is 12.4. The summed E-state index contributed by atoms with van der Waals surface area (Å²) in [6.07, 6.45) is 4.46. The fraction of sp³-hybridized carbons (Fsp3) is 0.588. The predicted molar refractivity (Wildman–Crippen MR) is 82.4 cm³/mol. The Kier molecular flexibility index (Phi) is 4.27. The van der Waals surface area contributed by atoms with Crippen molar-refractivity contribution in [1.29, 1.82) is 0 Å². The van der Waals surface area contributed by atoms with E-state index >= 15 is 0 Å². The first kappa shape index (κ1) is 14.5. The number of carboxylic acid groups (broad SMARTS) is 1. The maximum absolute atomic E-state index is 11.1. The largest absolute Gasteiger partial charge is 0.481 e. The second-order valence-electron chi connectivity index (χ2n) is 6.43. The van der Waals surface area contributed by atoms with E-state index < -0.39 is 11.4 Å². The van der Waals surface area contributed by atoms with Crippen molar-refractivity contribution < 1.29 is 9.90 Å². The Morgan fingerprint density at radius 1 is 1.10 bits per heavy atom. The molecular weight excluding hydrogens is 264 g/mol. The molecule has 4 heteroatoms. The molecule has 4 aliphatic rings. The van der Waals surface area contributed by atoms with E-state index in [0.29, 0.717) is 13.1 Å². The Hall–Kier alpha value is -1.39. The fourth-order valence-electron chi connectivity index (χ4n) is 3.47. The molecule has 0 aromatic heterocycles. The minimum Gasteiger partial charge on any atom is -0.481 e. The number of hydrogen-bond acceptors (Lipinski definition) is 3. The van der Waals surface area contributed by atoms with Gasteiger partial charge in [-0.25, -0.2) is 0 Å². The molecule has 1 aromatic rings. The van der Waals surface area contributed by atoms with Crippen molar-refractivity contribution in [2.24, 2.45) is 5.92 Å². The number of piperidine rings is 3. The van der Waals surface area contributed by atoms with Gasteiger partial charge in [0.1, 0.15) is 5.41 Å². The van der Waals surface area contributed by atoms with Gasteiger partial charge in [0, 0.05) is 13.1 Å². The number of carboxylic acids is 1. The van der Waals surface area contributed by atoms with Crippen LogP contribution < -0.4 is 5.32 Å². The molecular formula is C17H24N2O2. The van der Waals surface area contributed by atoms with Crippen LogP contribution >= 0.6 is 0 Å². The normalized spacial score (nSPS) is 29.0. The van der Waals surface area contributed by atoms with Crippen LogP contribution in [0.2, 0.25) is 0 Å². The number of rotatable bonds is 2. The second kappa shape index (κ2) is 6.16. The van der Waals surface area contributed by atoms with Crippen LogP contribution in [0.5, 0.6) is 0 Å². The lowest BCUT2D eigenvalue weighted by molar-refractivity contribution is -0.146. The zero-order valence-corrected chi connectivity index (χ0v) is 12.4. The monoisotopic (exact) mass is 288 g/mol. The summed E-state index contributed by atoms with van der Waals surface area (Å²) in [5, 5.41) is 12.1. The van der Waals surface area contributed by atoms with Gasteiger partial charge in [-0.2, -0.15) is 0 Å². The van der Waals surface area contributed by atoms with Crippen molar-refractivity contribution in [3.8, 4) is 0 Å². The molecule has 114 valence electrons. The lowest BCUT2D eigenvalue weighted by atomic mass is 9.75. The molecule has 4 saturated heterocycles. The molecule has 0 saturated carbocycles. The van der Waals surface area contributed by atoms with E-state index in [1.54, 1.807) is 0 Å². The molecule has 0 unspecified atom stereocenters. The number of carbonyl (C=O) groups is 1. The van der Waals surface area contributed by atoms with Gasteiger partial charge in [-0.15, -0.1) is 0 Å². The van der Waals surface area contributed by atoms with E-state index in [1.807, 2.05) is 30.3 Å². The Labute approximate surface area is 126 Å². The first-order chi connectivity index (χ1) is 10.2. The molecule has 4 fully saturated rings. The van der Waals surface area contributed by atoms with Gasteiger partial charge in [-0.1, -0.05) is 30.3 Å². The van der Waals surface area contributed by atoms with Crippen LogP contribution in [0.25, 0.3) is 0 Å². The minimum absolute atomic E-state index is 0.534. The summed E-state index contributed by atoms with van der Waals surface area (Å²) in [6, 6.07) is 9.38. The standard InChI is InChI=1S/C10H11NO2.C7H13N/c12-9(13)10(6-11-7-10)8-4-2-1-3-5-8;1-4-8-5-2-7(1)3-6-8/h1-5,11H,6-7H2,(H,12,13);7H,1-6H2. The molecule has 0 amide bonds. The molecule has 2 bridgehead atoms. The summed E-state index contributed by atoms with van der Waals surface area (Å²) in [6.45, 7) is 5.25. The minimum atomic E-state index is -0.738. The molecule has 1 aromatic carbocycles. The van der Waals surface area contributed by atoms with E-state index in [9.17, 15) is 4.79 Å². The third kappa shape index (κ3) is 2.97. The van der Waals surface area contributed by atoms with Gasteiger partial charge < -0.3 is 15.3 Å². The Balaban J connectivity index is 0.000000140. The van der Waals surface area contributed by atoms with Crippen molar-refractivity contribution in [1.82, 2.24) is 10.2 Å². The van der Waals surface area contributed by atoms with Crippen molar-refractivity contribution in [3.05, 3.63) is 35.9 Å². The summed E-state index contributed by atoms with van der Waals surface area (Å²) in [5.41, 5.74) is 0.211. The van der Waals surface area contributed by atoms with Crippen LogP contribution in [0, 0.1) is 5.92 Å². The van der Waals surface area contributed by atoms with Crippen LogP contribution in [0.3, 0.4) is 0 Å². The molecule has 4 heterocycles. The topological polar surface area (TPSA) is 52.6 Å². The number of benzene rings is 1. The summed E-state index contributed by atoms with van der Waals surface area (Å²) in [4.78, 5) is 13.6. The number of nitrogens with zero attached hydrogens (tertiary/aromatic N) is 1. The van der Waals surface area contributed by atoms with E-state index in [4.69, 9.17) is 5.11 Å². The smallest absolute Gasteiger partial charge is 0.316 e. The first-order valence-corrected chi connectivity index (χ1v) is 7.93. The maximum Gasteiger partial charge on any atom is 0.316 e. The van der Waals surface area contributed by atoms with Gasteiger partial charge in [0.2, 0.25) is 0 Å². The Morgan fingerprint density at radius 2 is 1.67 bits per heavy atom. The lowest BCUT2D eigenvalue weighted by Gasteiger charge is -2.38. The molecule has 4 nitrogen and oxygen atoms in total. The van der Waals surface area contributed by atoms with E-state index in [-0.39, 0.29) is 0 Å². The van der Waals surface area contributed by atoms with Gasteiger partial charge in [0.15, 0.2) is 0 Å². The highest BCUT2D eigenvalue weighted by molar-refractivity contribution is 5.83. The highest BCUT2D eigenvalue weighted by atomic mass is 16.4. The molecule has 21 heavy (non-hydrogen) atoms. The van der Waals surface area contributed by atoms with Crippen LogP contribution in [-0.2, 0) is 10.2 Å². The molecule has 0 spiro atoms. The SMILES string of the molecule is C1CN2CCC1CC2.O=C(O)C1(c2ccccc2)CNC1. The third-order valence-corrected chi connectivity index (χ3v) is 5.15. The van der Waals surface area contributed by atoms with Crippen LogP contribution in [0.15, 0.2) is 30.3 Å². The Bertz CT molecular complexity index is 454. The zero-order chi connectivity index (χ0) is 14.7. The average molecular weight is 288 g/mol. The fourth-order valence-corrected chi connectivity index (χ4v) is 3.47. The van der Waals surface area contributed by atoms with Crippen molar-refractivity contribution >= 4 is 5.97 Å². The van der Waals surface area contributed by atoms with Gasteiger partial charge >= 0.3 is 5.97 Å². The van der Waals surface area contributed by atoms with Gasteiger partial charge in [0.05, 0.1) is 0 Å². The number of aliphatic carboxylic acids is 1. The lowest BCUT2D eigenvalue weighted by Crippen LogP contribution is -2.61. The maximum atomic E-state index is 11.1. The third-order valence-electron chi connectivity index (χ3n) is 5.15. The molecule has 0 atom stereocenters. The second-order valence-corrected chi connectivity index (χ2v) is 6.43. The number of fused-ring (bicyclic) bond motifs is 3. The highest BCUT2D eigenvalue weighted by Crippen LogP contribution is 2.28. The predicted octanol–water partition coefficient (Wildman–Crippen LogP) is 1.71. The van der Waals surface area contributed by atoms with Gasteiger partial charge in [-0.3, -0.25) is 4.79 Å². The molecule has 0 radical (unpaired) electrons. The van der Waals surface area contributed by atoms with Gasteiger partial charge in [0.25, 0.3) is 0 Å². The van der Waals surface area contributed by atoms with Crippen molar-refractivity contribution in [3.63, 3.8) is 0 Å². The van der Waals surface area contributed by atoms with Crippen LogP contribution in [-0.4, -0.2) is 48.7 Å². The van der Waals surface area contributed by atoms with Crippen LogP contribution in [0.1, 0.15) is 24.8 Å². The van der Waals surface area contributed by atoms with Crippen molar-refractivity contribution in [2.45, 2.75) is 24.7 Å².